The Balaban J connectivity index is 2.54. The number of carbonyl (C=O) groups is 2. The van der Waals surface area contributed by atoms with E-state index in [1.807, 2.05) is 26.8 Å². The van der Waals surface area contributed by atoms with Crippen LogP contribution < -0.4 is 5.32 Å². The van der Waals surface area contributed by atoms with Gasteiger partial charge in [-0.2, -0.15) is 0 Å². The minimum absolute atomic E-state index is 0.0481. The largest absolute Gasteiger partial charge is 0.481 e. The highest BCUT2D eigenvalue weighted by Gasteiger charge is 2.15. The number of carboxylic acids is 1. The highest BCUT2D eigenvalue weighted by molar-refractivity contribution is 7.80. The van der Waals surface area contributed by atoms with E-state index in [1.54, 1.807) is 12.1 Å². The highest BCUT2D eigenvalue weighted by atomic mass is 32.1. The zero-order valence-electron chi connectivity index (χ0n) is 12.5. The summed E-state index contributed by atoms with van der Waals surface area (Å²) in [6.45, 7) is 5.98. The number of nitrogens with one attached hydrogen (secondary N) is 1. The first-order valence-corrected chi connectivity index (χ1v) is 7.06. The summed E-state index contributed by atoms with van der Waals surface area (Å²) in [5.41, 5.74) is 1.06. The van der Waals surface area contributed by atoms with Crippen LogP contribution in [0.15, 0.2) is 23.1 Å². The smallest absolute Gasteiger partial charge is 0.320 e. The quantitative estimate of drug-likeness (QED) is 0.554. The minimum atomic E-state index is -0.887. The van der Waals surface area contributed by atoms with Gasteiger partial charge in [0.2, 0.25) is 0 Å². The normalized spacial score (nSPS) is 11.2. The predicted octanol–water partition coefficient (Wildman–Crippen LogP) is 2.03. The van der Waals surface area contributed by atoms with E-state index in [2.05, 4.69) is 17.9 Å². The molecule has 0 aliphatic heterocycles. The number of aliphatic carboxylic acids is 1. The molecular formula is C15H21NO4S. The van der Waals surface area contributed by atoms with Gasteiger partial charge in [0.25, 0.3) is 0 Å². The number of carboxylic acid groups (broad SMARTS) is 1. The second-order valence-corrected chi connectivity index (χ2v) is 6.28. The van der Waals surface area contributed by atoms with Crippen molar-refractivity contribution in [3.63, 3.8) is 0 Å². The summed E-state index contributed by atoms with van der Waals surface area (Å²) in [4.78, 5) is 23.0. The van der Waals surface area contributed by atoms with Crippen LogP contribution >= 0.6 is 12.6 Å². The molecule has 116 valence electrons. The second-order valence-electron chi connectivity index (χ2n) is 5.77. The average Bonchev–Trinajstić information content (AvgIpc) is 2.24. The molecular weight excluding hydrogens is 290 g/mol. The summed E-state index contributed by atoms with van der Waals surface area (Å²) in [6, 6.07) is 5.33. The third kappa shape index (κ3) is 7.72. The van der Waals surface area contributed by atoms with Gasteiger partial charge in [0.15, 0.2) is 0 Å². The van der Waals surface area contributed by atoms with Crippen molar-refractivity contribution in [2.75, 3.05) is 6.54 Å². The molecule has 6 heteroatoms. The topological polar surface area (TPSA) is 75.6 Å². The SMILES string of the molecule is CC(C)(C)OC(=O)CNCc1cc(S)cc(CC(=O)O)c1. The Bertz CT molecular complexity index is 523. The molecule has 0 fully saturated rings. The molecule has 0 amide bonds. The number of carbonyl (C=O) groups excluding carboxylic acids is 1. The molecule has 0 aromatic heterocycles. The lowest BCUT2D eigenvalue weighted by Crippen LogP contribution is -2.31. The Hall–Kier alpha value is -1.53. The highest BCUT2D eigenvalue weighted by Crippen LogP contribution is 2.14. The third-order valence-corrected chi connectivity index (χ3v) is 2.67. The maximum Gasteiger partial charge on any atom is 0.320 e. The van der Waals surface area contributed by atoms with E-state index < -0.39 is 11.6 Å². The van der Waals surface area contributed by atoms with E-state index in [0.29, 0.717) is 17.0 Å². The summed E-state index contributed by atoms with van der Waals surface area (Å²) < 4.78 is 5.18. The van der Waals surface area contributed by atoms with Gasteiger partial charge in [-0.15, -0.1) is 12.6 Å². The Labute approximate surface area is 130 Å². The summed E-state index contributed by atoms with van der Waals surface area (Å²) in [5, 5.41) is 11.8. The number of esters is 1. The maximum atomic E-state index is 11.6. The molecule has 1 rings (SSSR count). The fraction of sp³-hybridized carbons (Fsp3) is 0.467. The molecule has 0 saturated carbocycles. The van der Waals surface area contributed by atoms with Crippen LogP contribution in [0.4, 0.5) is 0 Å². The van der Waals surface area contributed by atoms with E-state index in [1.165, 1.54) is 0 Å². The third-order valence-electron chi connectivity index (χ3n) is 2.41. The Morgan fingerprint density at radius 3 is 2.43 bits per heavy atom. The molecule has 1 aromatic rings. The minimum Gasteiger partial charge on any atom is -0.481 e. The lowest BCUT2D eigenvalue weighted by Gasteiger charge is -2.19. The monoisotopic (exact) mass is 311 g/mol. The van der Waals surface area contributed by atoms with Crippen molar-refractivity contribution in [1.29, 1.82) is 0 Å². The predicted molar refractivity (Wildman–Crippen MR) is 82.6 cm³/mol. The van der Waals surface area contributed by atoms with E-state index in [4.69, 9.17) is 9.84 Å². The van der Waals surface area contributed by atoms with Crippen molar-refractivity contribution in [2.24, 2.45) is 0 Å². The van der Waals surface area contributed by atoms with Crippen molar-refractivity contribution in [2.45, 2.75) is 44.2 Å². The first kappa shape index (κ1) is 17.5. The number of rotatable bonds is 6. The summed E-state index contributed by atoms with van der Waals surface area (Å²) >= 11 is 4.25. The van der Waals surface area contributed by atoms with Crippen LogP contribution in [0.25, 0.3) is 0 Å². The number of thiol groups is 1. The molecule has 1 aromatic carbocycles. The summed E-state index contributed by atoms with van der Waals surface area (Å²) in [5.74, 6) is -1.21. The van der Waals surface area contributed by atoms with Crippen LogP contribution in [0.5, 0.6) is 0 Å². The van der Waals surface area contributed by atoms with Crippen LogP contribution in [-0.4, -0.2) is 29.2 Å². The van der Waals surface area contributed by atoms with Crippen molar-refractivity contribution in [3.05, 3.63) is 29.3 Å². The van der Waals surface area contributed by atoms with Gasteiger partial charge in [0.05, 0.1) is 13.0 Å². The Morgan fingerprint density at radius 1 is 1.24 bits per heavy atom. The fourth-order valence-electron chi connectivity index (χ4n) is 1.81. The molecule has 0 aliphatic rings. The standard InChI is InChI=1S/C15H21NO4S/c1-15(2,3)20-14(19)9-16-8-11-4-10(7-13(17)18)5-12(21)6-11/h4-6,16,21H,7-9H2,1-3H3,(H,17,18). The molecule has 0 heterocycles. The van der Waals surface area contributed by atoms with E-state index in [-0.39, 0.29) is 18.9 Å². The second kappa shape index (κ2) is 7.47. The van der Waals surface area contributed by atoms with Crippen LogP contribution in [0, 0.1) is 0 Å². The number of benzene rings is 1. The molecule has 0 unspecified atom stereocenters. The van der Waals surface area contributed by atoms with Crippen molar-refractivity contribution < 1.29 is 19.4 Å². The van der Waals surface area contributed by atoms with Gasteiger partial charge in [-0.1, -0.05) is 6.07 Å². The van der Waals surface area contributed by atoms with Gasteiger partial charge in [-0.3, -0.25) is 9.59 Å². The van der Waals surface area contributed by atoms with Gasteiger partial charge in [-0.05, 0) is 44.0 Å². The van der Waals surface area contributed by atoms with Gasteiger partial charge in [0.1, 0.15) is 5.60 Å². The van der Waals surface area contributed by atoms with Crippen LogP contribution in [-0.2, 0) is 27.3 Å². The zero-order chi connectivity index (χ0) is 16.0. The van der Waals surface area contributed by atoms with Crippen LogP contribution in [0.2, 0.25) is 0 Å². The first-order valence-electron chi connectivity index (χ1n) is 6.62. The van der Waals surface area contributed by atoms with E-state index in [9.17, 15) is 9.59 Å². The molecule has 0 atom stereocenters. The zero-order valence-corrected chi connectivity index (χ0v) is 13.4. The van der Waals surface area contributed by atoms with Gasteiger partial charge in [0, 0.05) is 11.4 Å². The number of ether oxygens (including phenoxy) is 1. The van der Waals surface area contributed by atoms with Crippen molar-refractivity contribution >= 4 is 24.6 Å². The van der Waals surface area contributed by atoms with Gasteiger partial charge >= 0.3 is 11.9 Å². The van der Waals surface area contributed by atoms with Gasteiger partial charge < -0.3 is 15.2 Å². The number of hydrogen-bond acceptors (Lipinski definition) is 5. The molecule has 0 aliphatic carbocycles. The maximum absolute atomic E-state index is 11.6. The van der Waals surface area contributed by atoms with Gasteiger partial charge in [-0.25, -0.2) is 0 Å². The summed E-state index contributed by atoms with van der Waals surface area (Å²) in [6.07, 6.45) is -0.0481. The average molecular weight is 311 g/mol. The molecule has 2 N–H and O–H groups in total. The Kier molecular flexibility index (Phi) is 6.23. The molecule has 0 saturated heterocycles. The molecule has 0 radical (unpaired) electrons. The Morgan fingerprint density at radius 2 is 1.86 bits per heavy atom. The summed E-state index contributed by atoms with van der Waals surface area (Å²) in [7, 11) is 0. The first-order chi connectivity index (χ1) is 9.65. The van der Waals surface area contributed by atoms with Crippen LogP contribution in [0.1, 0.15) is 31.9 Å². The molecule has 5 nitrogen and oxygen atoms in total. The lowest BCUT2D eigenvalue weighted by atomic mass is 10.1. The van der Waals surface area contributed by atoms with E-state index in [0.717, 1.165) is 5.56 Å². The molecule has 21 heavy (non-hydrogen) atoms. The van der Waals surface area contributed by atoms with E-state index >= 15 is 0 Å². The molecule has 0 bridgehead atoms. The van der Waals surface area contributed by atoms with Crippen molar-refractivity contribution in [3.8, 4) is 0 Å². The fourth-order valence-corrected chi connectivity index (χ4v) is 2.14. The van der Waals surface area contributed by atoms with Crippen LogP contribution in [0.3, 0.4) is 0 Å². The number of hydrogen-bond donors (Lipinski definition) is 3. The lowest BCUT2D eigenvalue weighted by molar-refractivity contribution is -0.153. The molecule has 0 spiro atoms. The van der Waals surface area contributed by atoms with Crippen molar-refractivity contribution in [1.82, 2.24) is 5.32 Å².